The summed E-state index contributed by atoms with van der Waals surface area (Å²) in [6.45, 7) is 4.49. The van der Waals surface area contributed by atoms with E-state index in [4.69, 9.17) is 0 Å². The lowest BCUT2D eigenvalue weighted by Gasteiger charge is -2.33. The van der Waals surface area contributed by atoms with Gasteiger partial charge in [0.25, 0.3) is 5.91 Å². The smallest absolute Gasteiger partial charge is 0.255 e. The van der Waals surface area contributed by atoms with E-state index >= 15 is 0 Å². The molecular weight excluding hydrogens is 437 g/mol. The fourth-order valence-corrected chi connectivity index (χ4v) is 4.57. The summed E-state index contributed by atoms with van der Waals surface area (Å²) in [5.74, 6) is -0.241. The highest BCUT2D eigenvalue weighted by molar-refractivity contribution is 6.04. The van der Waals surface area contributed by atoms with Crippen molar-refractivity contribution in [3.05, 3.63) is 120 Å². The van der Waals surface area contributed by atoms with Crippen LogP contribution in [0, 0.1) is 5.82 Å². The Morgan fingerprint density at radius 3 is 2.09 bits per heavy atom. The second-order valence-corrected chi connectivity index (χ2v) is 8.95. The van der Waals surface area contributed by atoms with Crippen molar-refractivity contribution in [2.75, 3.05) is 36.4 Å². The number of hydrogen-bond donors (Lipinski definition) is 2. The Morgan fingerprint density at radius 2 is 1.40 bits per heavy atom. The number of halogens is 1. The van der Waals surface area contributed by atoms with Gasteiger partial charge in [-0.05, 0) is 53.6 Å². The molecule has 5 rings (SSSR count). The summed E-state index contributed by atoms with van der Waals surface area (Å²) >= 11 is 0. The number of benzene rings is 4. The standard InChI is InChI=1S/C30H28FN3O/c31-29-9-5-4-8-26(29)22-33-18-20-34(21-19-33)28-16-14-27(15-17-28)32-30(35)25-12-10-24(11-13-25)23-6-2-1-3-7-23/h1-17H,18-22H2,(H,32,35)/p+1. The van der Waals surface area contributed by atoms with Crippen LogP contribution < -0.4 is 15.1 Å². The normalized spacial score (nSPS) is 14.0. The van der Waals surface area contributed by atoms with Gasteiger partial charge in [0, 0.05) is 22.5 Å². The van der Waals surface area contributed by atoms with Gasteiger partial charge in [0.2, 0.25) is 0 Å². The lowest BCUT2D eigenvalue weighted by molar-refractivity contribution is -0.914. The number of nitrogens with one attached hydrogen (secondary N) is 2. The topological polar surface area (TPSA) is 36.8 Å². The molecule has 0 spiro atoms. The first-order chi connectivity index (χ1) is 17.2. The van der Waals surface area contributed by atoms with Crippen LogP contribution >= 0.6 is 0 Å². The van der Waals surface area contributed by atoms with Crippen molar-refractivity contribution >= 4 is 17.3 Å². The predicted octanol–water partition coefficient (Wildman–Crippen LogP) is 4.65. The Hall–Kier alpha value is -3.96. The molecule has 2 N–H and O–H groups in total. The Morgan fingerprint density at radius 1 is 0.771 bits per heavy atom. The molecule has 0 atom stereocenters. The molecule has 4 aromatic carbocycles. The largest absolute Gasteiger partial charge is 0.360 e. The van der Waals surface area contributed by atoms with Crippen molar-refractivity contribution in [3.63, 3.8) is 0 Å². The summed E-state index contributed by atoms with van der Waals surface area (Å²) in [6, 6.07) is 32.8. The van der Waals surface area contributed by atoms with Gasteiger partial charge in [-0.25, -0.2) is 4.39 Å². The summed E-state index contributed by atoms with van der Waals surface area (Å²) in [5, 5.41) is 2.99. The quantitative estimate of drug-likeness (QED) is 0.434. The molecule has 4 aromatic rings. The highest BCUT2D eigenvalue weighted by atomic mass is 19.1. The minimum absolute atomic E-state index is 0.118. The van der Waals surface area contributed by atoms with E-state index in [-0.39, 0.29) is 11.7 Å². The van der Waals surface area contributed by atoms with Gasteiger partial charge in [0.1, 0.15) is 12.4 Å². The highest BCUT2D eigenvalue weighted by Crippen LogP contribution is 2.21. The zero-order chi connectivity index (χ0) is 24.0. The molecule has 0 aliphatic carbocycles. The number of piperazine rings is 1. The van der Waals surface area contributed by atoms with E-state index in [1.165, 1.54) is 11.0 Å². The van der Waals surface area contributed by atoms with Crippen LogP contribution in [0.2, 0.25) is 0 Å². The van der Waals surface area contributed by atoms with Crippen LogP contribution in [0.1, 0.15) is 15.9 Å². The van der Waals surface area contributed by atoms with Crippen LogP contribution in [0.4, 0.5) is 15.8 Å². The fourth-order valence-electron chi connectivity index (χ4n) is 4.57. The minimum atomic E-state index is -0.122. The third kappa shape index (κ3) is 5.58. The van der Waals surface area contributed by atoms with Crippen molar-refractivity contribution in [2.24, 2.45) is 0 Å². The Kier molecular flexibility index (Phi) is 6.87. The minimum Gasteiger partial charge on any atom is -0.360 e. The Bertz CT molecular complexity index is 1270. The molecule has 176 valence electrons. The molecule has 1 fully saturated rings. The molecule has 0 unspecified atom stereocenters. The summed E-state index contributed by atoms with van der Waals surface area (Å²) in [7, 11) is 0. The number of nitrogens with zero attached hydrogens (tertiary/aromatic N) is 1. The lowest BCUT2D eigenvalue weighted by Crippen LogP contribution is -3.13. The predicted molar refractivity (Wildman–Crippen MR) is 139 cm³/mol. The van der Waals surface area contributed by atoms with Crippen LogP contribution in [0.25, 0.3) is 11.1 Å². The molecule has 0 aromatic heterocycles. The maximum Gasteiger partial charge on any atom is 0.255 e. The molecule has 1 aliphatic rings. The molecule has 1 aliphatic heterocycles. The van der Waals surface area contributed by atoms with E-state index in [0.717, 1.165) is 60.8 Å². The van der Waals surface area contributed by atoms with Crippen molar-refractivity contribution < 1.29 is 14.1 Å². The summed E-state index contributed by atoms with van der Waals surface area (Å²) in [5.41, 5.74) is 5.54. The van der Waals surface area contributed by atoms with E-state index in [0.29, 0.717) is 5.56 Å². The van der Waals surface area contributed by atoms with E-state index in [1.54, 1.807) is 6.07 Å². The maximum atomic E-state index is 14.0. The van der Waals surface area contributed by atoms with Crippen LogP contribution in [-0.4, -0.2) is 32.1 Å². The van der Waals surface area contributed by atoms with Gasteiger partial charge in [0.15, 0.2) is 0 Å². The summed E-state index contributed by atoms with van der Waals surface area (Å²) in [4.78, 5) is 16.5. The monoisotopic (exact) mass is 466 g/mol. The molecule has 4 nitrogen and oxygen atoms in total. The SMILES string of the molecule is O=C(Nc1ccc(N2CC[NH+](Cc3ccccc3F)CC2)cc1)c1ccc(-c2ccccc2)cc1. The van der Waals surface area contributed by atoms with Gasteiger partial charge >= 0.3 is 0 Å². The third-order valence-corrected chi connectivity index (χ3v) is 6.61. The molecule has 1 amide bonds. The van der Waals surface area contributed by atoms with Gasteiger partial charge in [-0.1, -0.05) is 60.7 Å². The first-order valence-electron chi connectivity index (χ1n) is 12.0. The number of carbonyl (C=O) groups is 1. The van der Waals surface area contributed by atoms with E-state index in [2.05, 4.69) is 34.5 Å². The van der Waals surface area contributed by atoms with Crippen molar-refractivity contribution in [1.29, 1.82) is 0 Å². The molecule has 0 bridgehead atoms. The summed E-state index contributed by atoms with van der Waals surface area (Å²) < 4.78 is 14.0. The average Bonchev–Trinajstić information content (AvgIpc) is 2.91. The number of quaternary nitrogens is 1. The summed E-state index contributed by atoms with van der Waals surface area (Å²) in [6.07, 6.45) is 0. The molecular formula is C30H29FN3O+. The average molecular weight is 467 g/mol. The van der Waals surface area contributed by atoms with E-state index in [1.807, 2.05) is 66.7 Å². The van der Waals surface area contributed by atoms with Crippen LogP contribution in [0.15, 0.2) is 103 Å². The van der Waals surface area contributed by atoms with Crippen molar-refractivity contribution in [2.45, 2.75) is 6.54 Å². The number of anilines is 2. The van der Waals surface area contributed by atoms with Crippen LogP contribution in [0.5, 0.6) is 0 Å². The Labute approximate surface area is 205 Å². The molecule has 1 heterocycles. The number of amides is 1. The molecule has 0 radical (unpaired) electrons. The third-order valence-electron chi connectivity index (χ3n) is 6.61. The Balaban J connectivity index is 1.14. The lowest BCUT2D eigenvalue weighted by atomic mass is 10.0. The second kappa shape index (κ2) is 10.5. The fraction of sp³-hybridized carbons (Fsp3) is 0.167. The van der Waals surface area contributed by atoms with Crippen LogP contribution in [-0.2, 0) is 6.54 Å². The zero-order valence-electron chi connectivity index (χ0n) is 19.6. The molecule has 5 heteroatoms. The number of rotatable bonds is 6. The first-order valence-corrected chi connectivity index (χ1v) is 12.0. The molecule has 0 saturated carbocycles. The molecule has 35 heavy (non-hydrogen) atoms. The van der Waals surface area contributed by atoms with Gasteiger partial charge in [0.05, 0.1) is 26.2 Å². The van der Waals surface area contributed by atoms with Gasteiger partial charge in [-0.15, -0.1) is 0 Å². The van der Waals surface area contributed by atoms with Crippen LogP contribution in [0.3, 0.4) is 0 Å². The van der Waals surface area contributed by atoms with E-state index < -0.39 is 0 Å². The highest BCUT2D eigenvalue weighted by Gasteiger charge is 2.21. The molecule has 1 saturated heterocycles. The maximum absolute atomic E-state index is 14.0. The second-order valence-electron chi connectivity index (χ2n) is 8.95. The number of carbonyl (C=O) groups excluding carboxylic acids is 1. The van der Waals surface area contributed by atoms with Crippen molar-refractivity contribution in [3.8, 4) is 11.1 Å². The first kappa shape index (κ1) is 22.8. The zero-order valence-corrected chi connectivity index (χ0v) is 19.6. The van der Waals surface area contributed by atoms with Gasteiger partial charge in [-0.2, -0.15) is 0 Å². The van der Waals surface area contributed by atoms with E-state index in [9.17, 15) is 9.18 Å². The number of hydrogen-bond acceptors (Lipinski definition) is 2. The van der Waals surface area contributed by atoms with Crippen molar-refractivity contribution in [1.82, 2.24) is 0 Å². The van der Waals surface area contributed by atoms with Gasteiger partial charge < -0.3 is 15.1 Å². The van der Waals surface area contributed by atoms with Gasteiger partial charge in [-0.3, -0.25) is 4.79 Å².